The molecule has 0 saturated carbocycles. The summed E-state index contributed by atoms with van der Waals surface area (Å²) in [5, 5.41) is 8.64. The molecule has 1 N–H and O–H groups in total. The van der Waals surface area contributed by atoms with Crippen LogP contribution in [0.4, 0.5) is 4.79 Å². The zero-order chi connectivity index (χ0) is 11.9. The molecule has 1 aromatic rings. The fourth-order valence-corrected chi connectivity index (χ4v) is 3.67. The van der Waals surface area contributed by atoms with Gasteiger partial charge in [-0.3, -0.25) is 0 Å². The van der Waals surface area contributed by atoms with Crippen molar-refractivity contribution in [3.8, 4) is 0 Å². The Morgan fingerprint density at radius 3 is 2.56 bits per heavy atom. The molecule has 1 saturated heterocycles. The van der Waals surface area contributed by atoms with Gasteiger partial charge in [-0.15, -0.1) is 11.3 Å². The average Bonchev–Trinajstić information content (AvgIpc) is 2.47. The summed E-state index contributed by atoms with van der Waals surface area (Å²) in [6, 6.07) is 3.13. The molecule has 0 radical (unpaired) electrons. The van der Waals surface area contributed by atoms with Crippen molar-refractivity contribution in [2.45, 2.75) is 10.1 Å². The number of halogens is 1. The van der Waals surface area contributed by atoms with Crippen molar-refractivity contribution in [1.29, 1.82) is 0 Å². The van der Waals surface area contributed by atoms with Crippen LogP contribution in [0.3, 0.4) is 0 Å². The maximum absolute atomic E-state index is 11.0. The topological polar surface area (TPSA) is 74.7 Å². The van der Waals surface area contributed by atoms with E-state index in [-0.39, 0.29) is 10.1 Å². The second-order valence-corrected chi connectivity index (χ2v) is 7.39. The van der Waals surface area contributed by atoms with Crippen LogP contribution in [0.2, 0.25) is 0 Å². The van der Waals surface area contributed by atoms with E-state index in [4.69, 9.17) is 15.8 Å². The molecule has 1 fully saturated rings. The second-order valence-electron chi connectivity index (χ2n) is 3.48. The fourth-order valence-electron chi connectivity index (χ4n) is 1.50. The lowest BCUT2D eigenvalue weighted by molar-refractivity contribution is 0.106. The zero-order valence-electron chi connectivity index (χ0n) is 7.96. The molecule has 1 amide bonds. The van der Waals surface area contributed by atoms with Crippen LogP contribution in [-0.2, 0) is 9.05 Å². The Bertz CT molecular complexity index is 518. The van der Waals surface area contributed by atoms with Crippen LogP contribution in [0.15, 0.2) is 16.3 Å². The number of carbonyl (C=O) groups is 1. The lowest BCUT2D eigenvalue weighted by Gasteiger charge is -2.36. The van der Waals surface area contributed by atoms with Crippen LogP contribution in [-0.4, -0.2) is 37.6 Å². The number of hydrogen-bond acceptors (Lipinski definition) is 4. The standard InChI is InChI=1S/C8H8ClNO4S2/c9-16(13,14)7-2-1-6(15-7)5-3-10(4-5)8(11)12/h1-2,5H,3-4H2,(H,11,12). The van der Waals surface area contributed by atoms with E-state index >= 15 is 0 Å². The van der Waals surface area contributed by atoms with E-state index in [9.17, 15) is 13.2 Å². The highest BCUT2D eigenvalue weighted by molar-refractivity contribution is 8.15. The Hall–Kier alpha value is -0.790. The summed E-state index contributed by atoms with van der Waals surface area (Å²) in [5.74, 6) is 0.0910. The summed E-state index contributed by atoms with van der Waals surface area (Å²) >= 11 is 1.10. The van der Waals surface area contributed by atoms with Crippen molar-refractivity contribution < 1.29 is 18.3 Å². The minimum atomic E-state index is -3.67. The van der Waals surface area contributed by atoms with Gasteiger partial charge in [0.2, 0.25) is 0 Å². The molecule has 0 spiro atoms. The van der Waals surface area contributed by atoms with Crippen molar-refractivity contribution in [3.63, 3.8) is 0 Å². The molecule has 1 aliphatic heterocycles. The number of hydrogen-bond donors (Lipinski definition) is 1. The number of likely N-dealkylation sites (tertiary alicyclic amines) is 1. The third kappa shape index (κ3) is 2.16. The summed E-state index contributed by atoms with van der Waals surface area (Å²) in [5.41, 5.74) is 0. The Balaban J connectivity index is 2.08. The minimum absolute atomic E-state index is 0.0910. The average molecular weight is 282 g/mol. The molecule has 0 atom stereocenters. The Kier molecular flexibility index (Phi) is 2.85. The first kappa shape index (κ1) is 11.7. The zero-order valence-corrected chi connectivity index (χ0v) is 10.3. The van der Waals surface area contributed by atoms with Gasteiger partial charge in [-0.05, 0) is 12.1 Å². The third-order valence-electron chi connectivity index (χ3n) is 2.40. The van der Waals surface area contributed by atoms with Gasteiger partial charge in [0, 0.05) is 34.6 Å². The van der Waals surface area contributed by atoms with Gasteiger partial charge >= 0.3 is 6.09 Å². The maximum Gasteiger partial charge on any atom is 0.407 e. The van der Waals surface area contributed by atoms with E-state index in [1.165, 1.54) is 11.0 Å². The first-order valence-electron chi connectivity index (χ1n) is 4.40. The summed E-state index contributed by atoms with van der Waals surface area (Å²) in [4.78, 5) is 12.7. The highest BCUT2D eigenvalue weighted by Crippen LogP contribution is 2.34. The van der Waals surface area contributed by atoms with E-state index in [0.29, 0.717) is 13.1 Å². The normalized spacial score (nSPS) is 17.2. The largest absolute Gasteiger partial charge is 0.465 e. The van der Waals surface area contributed by atoms with Crippen LogP contribution in [0.25, 0.3) is 0 Å². The van der Waals surface area contributed by atoms with Crippen molar-refractivity contribution in [3.05, 3.63) is 17.0 Å². The highest BCUT2D eigenvalue weighted by Gasteiger charge is 2.33. The molecule has 1 aromatic heterocycles. The van der Waals surface area contributed by atoms with E-state index in [0.717, 1.165) is 16.2 Å². The van der Waals surface area contributed by atoms with Crippen LogP contribution >= 0.6 is 22.0 Å². The molecule has 2 rings (SSSR count). The fraction of sp³-hybridized carbons (Fsp3) is 0.375. The summed E-state index contributed by atoms with van der Waals surface area (Å²) < 4.78 is 22.1. The summed E-state index contributed by atoms with van der Waals surface area (Å²) in [7, 11) is 1.53. The molecule has 2 heterocycles. The third-order valence-corrected chi connectivity index (χ3v) is 5.74. The predicted octanol–water partition coefficient (Wildman–Crippen LogP) is 1.75. The molecular formula is C8H8ClNO4S2. The number of amides is 1. The molecule has 1 aliphatic rings. The quantitative estimate of drug-likeness (QED) is 0.838. The maximum atomic E-state index is 11.0. The van der Waals surface area contributed by atoms with Gasteiger partial charge in [-0.1, -0.05) is 0 Å². The number of thiophene rings is 1. The second kappa shape index (κ2) is 3.90. The smallest absolute Gasteiger partial charge is 0.407 e. The van der Waals surface area contributed by atoms with Gasteiger partial charge in [-0.2, -0.15) is 0 Å². The van der Waals surface area contributed by atoms with Gasteiger partial charge in [0.05, 0.1) is 0 Å². The van der Waals surface area contributed by atoms with Crippen LogP contribution < -0.4 is 0 Å². The monoisotopic (exact) mass is 281 g/mol. The summed E-state index contributed by atoms with van der Waals surface area (Å²) in [6.07, 6.45) is -0.946. The van der Waals surface area contributed by atoms with Crippen molar-refractivity contribution in [1.82, 2.24) is 4.90 Å². The number of nitrogens with zero attached hydrogens (tertiary/aromatic N) is 1. The molecule has 0 bridgehead atoms. The SMILES string of the molecule is O=C(O)N1CC(c2ccc(S(=O)(=O)Cl)s2)C1. The van der Waals surface area contributed by atoms with Crippen molar-refractivity contribution >= 4 is 37.2 Å². The highest BCUT2D eigenvalue weighted by atomic mass is 35.7. The molecular weight excluding hydrogens is 274 g/mol. The molecule has 88 valence electrons. The predicted molar refractivity (Wildman–Crippen MR) is 59.7 cm³/mol. The van der Waals surface area contributed by atoms with E-state index < -0.39 is 15.1 Å². The van der Waals surface area contributed by atoms with Crippen LogP contribution in [0, 0.1) is 0 Å². The van der Waals surface area contributed by atoms with Crippen LogP contribution in [0.5, 0.6) is 0 Å². The van der Waals surface area contributed by atoms with Gasteiger partial charge in [0.15, 0.2) is 0 Å². The Morgan fingerprint density at radius 1 is 1.50 bits per heavy atom. The first-order valence-corrected chi connectivity index (χ1v) is 7.53. The summed E-state index contributed by atoms with van der Waals surface area (Å²) in [6.45, 7) is 0.829. The van der Waals surface area contributed by atoms with Crippen molar-refractivity contribution in [2.24, 2.45) is 0 Å². The lowest BCUT2D eigenvalue weighted by atomic mass is 9.99. The Labute approximate surface area is 101 Å². The Morgan fingerprint density at radius 2 is 2.12 bits per heavy atom. The van der Waals surface area contributed by atoms with Gasteiger partial charge in [0.25, 0.3) is 9.05 Å². The van der Waals surface area contributed by atoms with Crippen molar-refractivity contribution in [2.75, 3.05) is 13.1 Å². The lowest BCUT2D eigenvalue weighted by Crippen LogP contribution is -2.47. The minimum Gasteiger partial charge on any atom is -0.465 e. The van der Waals surface area contributed by atoms with Gasteiger partial charge in [-0.25, -0.2) is 13.2 Å². The van der Waals surface area contributed by atoms with E-state index in [1.807, 2.05) is 0 Å². The molecule has 0 unspecified atom stereocenters. The van der Waals surface area contributed by atoms with E-state index in [2.05, 4.69) is 0 Å². The molecule has 0 aliphatic carbocycles. The molecule has 0 aromatic carbocycles. The van der Waals surface area contributed by atoms with Crippen LogP contribution in [0.1, 0.15) is 10.8 Å². The number of rotatable bonds is 2. The molecule has 5 nitrogen and oxygen atoms in total. The molecule has 16 heavy (non-hydrogen) atoms. The number of carboxylic acid groups (broad SMARTS) is 1. The van der Waals surface area contributed by atoms with E-state index in [1.54, 1.807) is 6.07 Å². The van der Waals surface area contributed by atoms with Gasteiger partial charge < -0.3 is 10.0 Å². The first-order chi connectivity index (χ1) is 7.38. The molecule has 8 heteroatoms. The van der Waals surface area contributed by atoms with Gasteiger partial charge in [0.1, 0.15) is 4.21 Å².